The monoisotopic (exact) mass is 451 g/mol. The highest BCUT2D eigenvalue weighted by atomic mass is 35.5. The predicted octanol–water partition coefficient (Wildman–Crippen LogP) is 4.55. The Labute approximate surface area is 187 Å². The van der Waals surface area contributed by atoms with Gasteiger partial charge in [0, 0.05) is 28.8 Å². The van der Waals surface area contributed by atoms with E-state index in [4.69, 9.17) is 27.9 Å². The molecule has 0 bridgehead atoms. The number of urea groups is 1. The van der Waals surface area contributed by atoms with Crippen LogP contribution in [-0.4, -0.2) is 54.6 Å². The van der Waals surface area contributed by atoms with Crippen LogP contribution in [0, 0.1) is 0 Å². The second-order valence-corrected chi connectivity index (χ2v) is 8.21. The average molecular weight is 452 g/mol. The number of likely N-dealkylation sites (tertiary alicyclic amines) is 1. The maximum absolute atomic E-state index is 13.1. The Kier molecular flexibility index (Phi) is 7.81. The molecule has 1 aromatic carbocycles. The third kappa shape index (κ3) is 4.99. The number of piperidine rings is 1. The lowest BCUT2D eigenvalue weighted by molar-refractivity contribution is -0.139. The van der Waals surface area contributed by atoms with Gasteiger partial charge in [0.05, 0.1) is 18.2 Å². The molecule has 2 aliphatic heterocycles. The molecule has 0 saturated carbocycles. The lowest BCUT2D eigenvalue weighted by Crippen LogP contribution is -2.51. The van der Waals surface area contributed by atoms with Gasteiger partial charge in [-0.1, -0.05) is 41.8 Å². The van der Waals surface area contributed by atoms with E-state index in [9.17, 15) is 9.59 Å². The third-order valence-corrected chi connectivity index (χ3v) is 5.90. The van der Waals surface area contributed by atoms with Crippen LogP contribution >= 0.6 is 23.2 Å². The van der Waals surface area contributed by atoms with E-state index in [1.54, 1.807) is 36.1 Å². The molecule has 0 spiro atoms. The molecular formula is C22H27Cl2N3O3. The fourth-order valence-electron chi connectivity index (χ4n) is 3.94. The van der Waals surface area contributed by atoms with Crippen LogP contribution < -0.4 is 5.32 Å². The SMILES string of the molecule is C=CCN1C(=O)NC(c2ccc(Cl)cc2Cl)C(C(=O)OCC)=C1CN1CCCCC1. The Bertz CT molecular complexity index is 850. The van der Waals surface area contributed by atoms with Gasteiger partial charge in [-0.05, 0) is 50.6 Å². The number of rotatable bonds is 7. The first-order chi connectivity index (χ1) is 14.5. The molecule has 0 radical (unpaired) electrons. The molecule has 30 heavy (non-hydrogen) atoms. The normalized spacial score (nSPS) is 20.2. The summed E-state index contributed by atoms with van der Waals surface area (Å²) < 4.78 is 5.39. The van der Waals surface area contributed by atoms with Gasteiger partial charge in [0.1, 0.15) is 0 Å². The Balaban J connectivity index is 2.13. The molecule has 1 fully saturated rings. The lowest BCUT2D eigenvalue weighted by atomic mass is 9.93. The van der Waals surface area contributed by atoms with Crippen LogP contribution in [0.4, 0.5) is 4.79 Å². The third-order valence-electron chi connectivity index (χ3n) is 5.34. The van der Waals surface area contributed by atoms with Gasteiger partial charge < -0.3 is 10.1 Å². The van der Waals surface area contributed by atoms with Gasteiger partial charge in [-0.25, -0.2) is 9.59 Å². The summed E-state index contributed by atoms with van der Waals surface area (Å²) in [7, 11) is 0. The zero-order valence-corrected chi connectivity index (χ0v) is 18.6. The van der Waals surface area contributed by atoms with Gasteiger partial charge >= 0.3 is 12.0 Å². The quantitative estimate of drug-likeness (QED) is 0.487. The van der Waals surface area contributed by atoms with Crippen LogP contribution in [0.25, 0.3) is 0 Å². The maximum Gasteiger partial charge on any atom is 0.338 e. The number of benzene rings is 1. The number of esters is 1. The number of hydrogen-bond donors (Lipinski definition) is 1. The van der Waals surface area contributed by atoms with Crippen LogP contribution in [0.15, 0.2) is 42.1 Å². The summed E-state index contributed by atoms with van der Waals surface area (Å²) in [6.07, 6.45) is 5.04. The molecule has 0 aromatic heterocycles. The number of amides is 2. The van der Waals surface area contributed by atoms with E-state index in [1.807, 2.05) is 0 Å². The molecule has 8 heteroatoms. The summed E-state index contributed by atoms with van der Waals surface area (Å²) in [5.41, 5.74) is 1.63. The first-order valence-corrected chi connectivity index (χ1v) is 11.0. The molecule has 1 atom stereocenters. The van der Waals surface area contributed by atoms with Crippen molar-refractivity contribution in [1.29, 1.82) is 0 Å². The second kappa shape index (κ2) is 10.3. The number of ether oxygens (including phenoxy) is 1. The Morgan fingerprint density at radius 1 is 1.30 bits per heavy atom. The zero-order valence-electron chi connectivity index (χ0n) is 17.1. The predicted molar refractivity (Wildman–Crippen MR) is 119 cm³/mol. The summed E-state index contributed by atoms with van der Waals surface area (Å²) >= 11 is 12.5. The molecular weight excluding hydrogens is 425 g/mol. The summed E-state index contributed by atoms with van der Waals surface area (Å²) in [5, 5.41) is 3.78. The van der Waals surface area contributed by atoms with Gasteiger partial charge in [0.2, 0.25) is 0 Å². The largest absolute Gasteiger partial charge is 0.463 e. The fourth-order valence-corrected chi connectivity index (χ4v) is 4.46. The van der Waals surface area contributed by atoms with E-state index in [0.717, 1.165) is 25.9 Å². The molecule has 2 heterocycles. The summed E-state index contributed by atoms with van der Waals surface area (Å²) in [5.74, 6) is -0.463. The molecule has 0 aliphatic carbocycles. The van der Waals surface area contributed by atoms with Crippen molar-refractivity contribution in [1.82, 2.24) is 15.1 Å². The van der Waals surface area contributed by atoms with E-state index in [0.29, 0.717) is 40.0 Å². The molecule has 1 unspecified atom stereocenters. The van der Waals surface area contributed by atoms with E-state index in [-0.39, 0.29) is 12.6 Å². The van der Waals surface area contributed by atoms with Gasteiger partial charge in [0.15, 0.2) is 0 Å². The first kappa shape index (κ1) is 22.7. The number of nitrogens with zero attached hydrogens (tertiary/aromatic N) is 2. The molecule has 6 nitrogen and oxygen atoms in total. The van der Waals surface area contributed by atoms with Crippen molar-refractivity contribution in [2.24, 2.45) is 0 Å². The number of halogens is 2. The van der Waals surface area contributed by atoms with Crippen molar-refractivity contribution >= 4 is 35.2 Å². The van der Waals surface area contributed by atoms with E-state index in [2.05, 4.69) is 16.8 Å². The van der Waals surface area contributed by atoms with Gasteiger partial charge in [-0.3, -0.25) is 9.80 Å². The smallest absolute Gasteiger partial charge is 0.338 e. The maximum atomic E-state index is 13.1. The number of carbonyl (C=O) groups excluding carboxylic acids is 2. The minimum absolute atomic E-state index is 0.232. The Morgan fingerprint density at radius 3 is 2.67 bits per heavy atom. The molecule has 1 N–H and O–H groups in total. The van der Waals surface area contributed by atoms with Gasteiger partial charge in [-0.2, -0.15) is 0 Å². The van der Waals surface area contributed by atoms with Crippen LogP contribution in [0.3, 0.4) is 0 Å². The Hall–Kier alpha value is -2.02. The molecule has 1 saturated heterocycles. The summed E-state index contributed by atoms with van der Waals surface area (Å²) in [4.78, 5) is 29.9. The van der Waals surface area contributed by atoms with Crippen LogP contribution in [0.1, 0.15) is 37.8 Å². The highest BCUT2D eigenvalue weighted by Gasteiger charge is 2.39. The lowest BCUT2D eigenvalue weighted by Gasteiger charge is -2.39. The Morgan fingerprint density at radius 2 is 2.03 bits per heavy atom. The van der Waals surface area contributed by atoms with E-state index >= 15 is 0 Å². The van der Waals surface area contributed by atoms with Crippen molar-refractivity contribution in [2.75, 3.05) is 32.8 Å². The van der Waals surface area contributed by atoms with Crippen molar-refractivity contribution < 1.29 is 14.3 Å². The topological polar surface area (TPSA) is 61.9 Å². The average Bonchev–Trinajstić information content (AvgIpc) is 2.71. The standard InChI is InChI=1S/C22H27Cl2N3O3/c1-3-10-27-18(14-26-11-6-5-7-12-26)19(21(28)30-4-2)20(25-22(27)29)16-9-8-15(23)13-17(16)24/h3,8-9,13,20H,1,4-7,10-12,14H2,2H3,(H,25,29). The minimum Gasteiger partial charge on any atom is -0.463 e. The first-order valence-electron chi connectivity index (χ1n) is 10.2. The van der Waals surface area contributed by atoms with Crippen molar-refractivity contribution in [3.63, 3.8) is 0 Å². The van der Waals surface area contributed by atoms with Crippen molar-refractivity contribution in [2.45, 2.75) is 32.2 Å². The zero-order chi connectivity index (χ0) is 21.7. The summed E-state index contributed by atoms with van der Waals surface area (Å²) in [6, 6.07) is 4.01. The van der Waals surface area contributed by atoms with Crippen molar-refractivity contribution in [3.05, 3.63) is 57.7 Å². The molecule has 162 valence electrons. The van der Waals surface area contributed by atoms with Crippen molar-refractivity contribution in [3.8, 4) is 0 Å². The molecule has 1 aromatic rings. The highest BCUT2D eigenvalue weighted by Crippen LogP contribution is 2.36. The minimum atomic E-state index is -0.720. The molecule has 2 amide bonds. The summed E-state index contributed by atoms with van der Waals surface area (Å²) in [6.45, 7) is 8.39. The van der Waals surface area contributed by atoms with E-state index < -0.39 is 12.0 Å². The number of hydrogen-bond acceptors (Lipinski definition) is 4. The molecule has 2 aliphatic rings. The van der Waals surface area contributed by atoms with Crippen LogP contribution in [0.2, 0.25) is 10.0 Å². The number of carbonyl (C=O) groups is 2. The highest BCUT2D eigenvalue weighted by molar-refractivity contribution is 6.35. The van der Waals surface area contributed by atoms with Gasteiger partial charge in [0.25, 0.3) is 0 Å². The number of nitrogens with one attached hydrogen (secondary N) is 1. The van der Waals surface area contributed by atoms with E-state index in [1.165, 1.54) is 6.42 Å². The molecule has 3 rings (SSSR count). The fraction of sp³-hybridized carbons (Fsp3) is 0.455. The van der Waals surface area contributed by atoms with Gasteiger partial charge in [-0.15, -0.1) is 6.58 Å². The van der Waals surface area contributed by atoms with Crippen LogP contribution in [0.5, 0.6) is 0 Å². The second-order valence-electron chi connectivity index (χ2n) is 7.37. The van der Waals surface area contributed by atoms with Crippen LogP contribution in [-0.2, 0) is 9.53 Å².